The summed E-state index contributed by atoms with van der Waals surface area (Å²) in [6.07, 6.45) is 2.10. The van der Waals surface area contributed by atoms with Crippen LogP contribution in [-0.2, 0) is 4.43 Å². The van der Waals surface area contributed by atoms with Crippen molar-refractivity contribution in [2.75, 3.05) is 21.1 Å². The van der Waals surface area contributed by atoms with Crippen LogP contribution in [0, 0.1) is 0 Å². The highest BCUT2D eigenvalue weighted by Crippen LogP contribution is 2.14. The Hall–Kier alpha value is -0.810. The van der Waals surface area contributed by atoms with Crippen LogP contribution in [0.2, 0.25) is 0 Å². The van der Waals surface area contributed by atoms with Gasteiger partial charge in [-0.1, -0.05) is 40.8 Å². The Morgan fingerprint density at radius 1 is 1.00 bits per heavy atom. The van der Waals surface area contributed by atoms with Crippen LogP contribution in [0.5, 0.6) is 0 Å². The van der Waals surface area contributed by atoms with Crippen molar-refractivity contribution in [2.45, 2.75) is 4.43 Å². The third-order valence-corrected chi connectivity index (χ3v) is 2.79. The Labute approximate surface area is 117 Å². The Balaban J connectivity index is 0.000000317. The highest BCUT2D eigenvalue weighted by molar-refractivity contribution is 14.1. The zero-order chi connectivity index (χ0) is 12.7. The van der Waals surface area contributed by atoms with Gasteiger partial charge < -0.3 is 9.47 Å². The monoisotopic (exact) mass is 342 g/mol. The Kier molecular flexibility index (Phi) is 6.29. The van der Waals surface area contributed by atoms with Crippen molar-refractivity contribution in [1.29, 1.82) is 0 Å². The zero-order valence-electron chi connectivity index (χ0n) is 10.6. The second kappa shape index (κ2) is 7.50. The van der Waals surface area contributed by atoms with Crippen LogP contribution < -0.4 is 0 Å². The van der Waals surface area contributed by atoms with Crippen molar-refractivity contribution in [3.63, 3.8) is 0 Å². The van der Waals surface area contributed by atoms with E-state index in [2.05, 4.69) is 69.8 Å². The molecule has 0 unspecified atom stereocenters. The van der Waals surface area contributed by atoms with E-state index in [1.165, 1.54) is 11.4 Å². The Bertz CT molecular complexity index is 418. The normalized spacial score (nSPS) is 9.94. The van der Waals surface area contributed by atoms with Crippen molar-refractivity contribution >= 4 is 22.6 Å². The lowest BCUT2D eigenvalue weighted by Crippen LogP contribution is -1.99. The van der Waals surface area contributed by atoms with Crippen LogP contribution in [0.1, 0.15) is 5.69 Å². The van der Waals surface area contributed by atoms with Gasteiger partial charge in [0.25, 0.3) is 0 Å². The predicted molar refractivity (Wildman–Crippen MR) is 83.1 cm³/mol. The number of nitrogens with zero attached hydrogens (tertiary/aromatic N) is 2. The fourth-order valence-electron chi connectivity index (χ4n) is 1.37. The van der Waals surface area contributed by atoms with Crippen LogP contribution in [0.4, 0.5) is 0 Å². The summed E-state index contributed by atoms with van der Waals surface area (Å²) in [7, 11) is 6.00. The number of halogens is 1. The maximum absolute atomic E-state index is 2.38. The van der Waals surface area contributed by atoms with Crippen molar-refractivity contribution in [3.05, 3.63) is 54.4 Å². The van der Waals surface area contributed by atoms with Crippen LogP contribution in [-0.4, -0.2) is 30.6 Å². The summed E-state index contributed by atoms with van der Waals surface area (Å²) < 4.78 is 3.26. The first-order valence-electron chi connectivity index (χ1n) is 5.53. The molecular weight excluding hydrogens is 323 g/mol. The second-order valence-electron chi connectivity index (χ2n) is 4.18. The summed E-state index contributed by atoms with van der Waals surface area (Å²) in [5.41, 5.74) is 2.57. The summed E-state index contributed by atoms with van der Waals surface area (Å²) in [5, 5.41) is 0. The fourth-order valence-corrected chi connectivity index (χ4v) is 1.99. The molecule has 0 amide bonds. The molecule has 0 N–H and O–H groups in total. The maximum atomic E-state index is 2.38. The summed E-state index contributed by atoms with van der Waals surface area (Å²) in [4.78, 5) is 2.00. The van der Waals surface area contributed by atoms with Gasteiger partial charge in [0.05, 0.1) is 0 Å². The maximum Gasteiger partial charge on any atom is 0.0452 e. The fraction of sp³-hybridized carbons (Fsp3) is 0.286. The topological polar surface area (TPSA) is 8.17 Å². The molecule has 1 heterocycles. The molecule has 0 fully saturated rings. The number of alkyl halides is 1. The molecule has 0 aliphatic rings. The lowest BCUT2D eigenvalue weighted by Gasteiger charge is -2.06. The minimum absolute atomic E-state index is 1.04. The molecule has 0 bridgehead atoms. The van der Waals surface area contributed by atoms with Gasteiger partial charge in [-0.05, 0) is 45.4 Å². The highest BCUT2D eigenvalue weighted by Gasteiger charge is 1.99. The van der Waals surface area contributed by atoms with Gasteiger partial charge in [0.2, 0.25) is 0 Å². The van der Waals surface area contributed by atoms with E-state index in [1.54, 1.807) is 0 Å². The predicted octanol–water partition coefficient (Wildman–Crippen LogP) is 3.59. The summed E-state index contributed by atoms with van der Waals surface area (Å²) >= 11 is 2.38. The minimum Gasteiger partial charge on any atom is -0.320 e. The average molecular weight is 342 g/mol. The first-order chi connectivity index (χ1) is 8.15. The smallest absolute Gasteiger partial charge is 0.0452 e. The number of rotatable bonds is 2. The number of benzene rings is 1. The molecule has 0 spiro atoms. The van der Waals surface area contributed by atoms with E-state index in [4.69, 9.17) is 0 Å². The molecule has 0 aliphatic carbocycles. The number of aromatic nitrogens is 1. The molecule has 0 saturated heterocycles. The standard InChI is InChI=1S/C11H10IN.C3H9N/c12-9-11-7-4-8-13(11)10-5-2-1-3-6-10;1-4(2)3/h1-8H,9H2;1-3H3. The van der Waals surface area contributed by atoms with Gasteiger partial charge in [0.1, 0.15) is 0 Å². The van der Waals surface area contributed by atoms with Crippen LogP contribution in [0.25, 0.3) is 5.69 Å². The molecule has 3 heteroatoms. The first-order valence-corrected chi connectivity index (χ1v) is 7.06. The van der Waals surface area contributed by atoms with E-state index in [0.29, 0.717) is 0 Å². The molecule has 2 rings (SSSR count). The van der Waals surface area contributed by atoms with Crippen molar-refractivity contribution in [2.24, 2.45) is 0 Å². The molecule has 2 aromatic rings. The van der Waals surface area contributed by atoms with Gasteiger partial charge in [-0.25, -0.2) is 0 Å². The van der Waals surface area contributed by atoms with Gasteiger partial charge in [0.15, 0.2) is 0 Å². The SMILES string of the molecule is CN(C)C.ICc1cccn1-c1ccccc1. The van der Waals surface area contributed by atoms with E-state index >= 15 is 0 Å². The molecule has 0 radical (unpaired) electrons. The van der Waals surface area contributed by atoms with E-state index in [9.17, 15) is 0 Å². The molecular formula is C14H19IN2. The lowest BCUT2D eigenvalue weighted by atomic mass is 10.3. The third kappa shape index (κ3) is 4.91. The first kappa shape index (κ1) is 14.3. The molecule has 1 aromatic heterocycles. The summed E-state index contributed by atoms with van der Waals surface area (Å²) in [6, 6.07) is 14.6. The molecule has 1 aromatic carbocycles. The number of hydrogen-bond donors (Lipinski definition) is 0. The van der Waals surface area contributed by atoms with E-state index in [1.807, 2.05) is 32.1 Å². The minimum atomic E-state index is 1.04. The third-order valence-electron chi connectivity index (χ3n) is 2.00. The van der Waals surface area contributed by atoms with E-state index in [0.717, 1.165) is 4.43 Å². The van der Waals surface area contributed by atoms with Gasteiger partial charge in [-0.3, -0.25) is 0 Å². The number of para-hydroxylation sites is 1. The van der Waals surface area contributed by atoms with Crippen molar-refractivity contribution < 1.29 is 0 Å². The highest BCUT2D eigenvalue weighted by atomic mass is 127. The Morgan fingerprint density at radius 3 is 2.12 bits per heavy atom. The van der Waals surface area contributed by atoms with Gasteiger partial charge in [-0.15, -0.1) is 0 Å². The second-order valence-corrected chi connectivity index (χ2v) is 4.94. The summed E-state index contributed by atoms with van der Waals surface area (Å²) in [6.45, 7) is 0. The van der Waals surface area contributed by atoms with E-state index in [-0.39, 0.29) is 0 Å². The van der Waals surface area contributed by atoms with E-state index < -0.39 is 0 Å². The Morgan fingerprint density at radius 2 is 1.59 bits per heavy atom. The zero-order valence-corrected chi connectivity index (χ0v) is 12.8. The van der Waals surface area contributed by atoms with Crippen molar-refractivity contribution in [3.8, 4) is 5.69 Å². The molecule has 17 heavy (non-hydrogen) atoms. The van der Waals surface area contributed by atoms with Gasteiger partial charge >= 0.3 is 0 Å². The largest absolute Gasteiger partial charge is 0.320 e. The number of hydrogen-bond acceptors (Lipinski definition) is 1. The molecule has 0 saturated carbocycles. The molecule has 0 atom stereocenters. The van der Waals surface area contributed by atoms with Crippen LogP contribution >= 0.6 is 22.6 Å². The summed E-state index contributed by atoms with van der Waals surface area (Å²) in [5.74, 6) is 0. The molecule has 92 valence electrons. The quantitative estimate of drug-likeness (QED) is 0.598. The average Bonchev–Trinajstić information content (AvgIpc) is 2.77. The van der Waals surface area contributed by atoms with Crippen LogP contribution in [0.15, 0.2) is 48.7 Å². The lowest BCUT2D eigenvalue weighted by molar-refractivity contribution is 0.505. The van der Waals surface area contributed by atoms with Crippen LogP contribution in [0.3, 0.4) is 0 Å². The van der Waals surface area contributed by atoms with Gasteiger partial charge in [0, 0.05) is 22.0 Å². The van der Waals surface area contributed by atoms with Crippen molar-refractivity contribution in [1.82, 2.24) is 9.47 Å². The molecule has 0 aliphatic heterocycles. The molecule has 2 nitrogen and oxygen atoms in total. The van der Waals surface area contributed by atoms with Gasteiger partial charge in [-0.2, -0.15) is 0 Å².